The fourth-order valence-corrected chi connectivity index (χ4v) is 3.96. The van der Waals surface area contributed by atoms with Crippen molar-refractivity contribution >= 4 is 22.4 Å². The summed E-state index contributed by atoms with van der Waals surface area (Å²) in [5.74, 6) is -0.732. The van der Waals surface area contributed by atoms with Crippen LogP contribution in [0.2, 0.25) is 0 Å². The smallest absolute Gasteiger partial charge is 0.218 e. The highest BCUT2D eigenvalue weighted by Gasteiger charge is 2.28. The maximum Gasteiger partial charge on any atom is 0.218 e. The van der Waals surface area contributed by atoms with E-state index in [-0.39, 0.29) is 29.8 Å². The van der Waals surface area contributed by atoms with Crippen LogP contribution in [-0.4, -0.2) is 38.9 Å². The van der Waals surface area contributed by atoms with Crippen LogP contribution in [0.25, 0.3) is 0 Å². The molecule has 0 aliphatic carbocycles. The minimum absolute atomic E-state index is 0. The van der Waals surface area contributed by atoms with Gasteiger partial charge < -0.3 is 5.32 Å². The highest BCUT2D eigenvalue weighted by atomic mass is 35.5. The molecule has 1 unspecified atom stereocenters. The lowest BCUT2D eigenvalue weighted by molar-refractivity contribution is 0.292. The molecule has 0 radical (unpaired) electrons. The number of sulfonamides is 1. The number of nitrogens with one attached hydrogen (secondary N) is 1. The molecule has 1 heterocycles. The van der Waals surface area contributed by atoms with Gasteiger partial charge in [0.05, 0.1) is 5.75 Å². The van der Waals surface area contributed by atoms with E-state index in [0.29, 0.717) is 13.1 Å². The summed E-state index contributed by atoms with van der Waals surface area (Å²) in [6, 6.07) is 6.21. The van der Waals surface area contributed by atoms with Gasteiger partial charge in [-0.3, -0.25) is 0 Å². The molecular weight excluding hydrogens is 303 g/mol. The quantitative estimate of drug-likeness (QED) is 0.919. The number of hydrogen-bond donors (Lipinski definition) is 1. The predicted octanol–water partition coefficient (Wildman–Crippen LogP) is 1.76. The summed E-state index contributed by atoms with van der Waals surface area (Å²) in [5.41, 5.74) is 0.231. The van der Waals surface area contributed by atoms with E-state index in [1.54, 1.807) is 12.1 Å². The number of nitrogens with zero attached hydrogens (tertiary/aromatic N) is 1. The summed E-state index contributed by atoms with van der Waals surface area (Å²) in [4.78, 5) is 0. The van der Waals surface area contributed by atoms with Gasteiger partial charge in [-0.1, -0.05) is 18.2 Å². The SMILES string of the molecule is CNC1CCCN(S(=O)(=O)Cc2ccccc2F)C1.Cl. The number of benzene rings is 1. The van der Waals surface area contributed by atoms with Crippen LogP contribution in [0.4, 0.5) is 4.39 Å². The Hall–Kier alpha value is -0.690. The Kier molecular flexibility index (Phi) is 6.39. The zero-order valence-electron chi connectivity index (χ0n) is 11.4. The Morgan fingerprint density at radius 3 is 2.75 bits per heavy atom. The Bertz CT molecular complexity index is 539. The summed E-state index contributed by atoms with van der Waals surface area (Å²) in [5, 5.41) is 3.10. The summed E-state index contributed by atoms with van der Waals surface area (Å²) >= 11 is 0. The first kappa shape index (κ1) is 17.4. The van der Waals surface area contributed by atoms with Gasteiger partial charge in [-0.15, -0.1) is 12.4 Å². The molecule has 1 N–H and O–H groups in total. The molecule has 0 aromatic heterocycles. The molecule has 1 saturated heterocycles. The molecule has 4 nitrogen and oxygen atoms in total. The van der Waals surface area contributed by atoms with Gasteiger partial charge >= 0.3 is 0 Å². The average Bonchev–Trinajstić information content (AvgIpc) is 2.41. The van der Waals surface area contributed by atoms with Crippen LogP contribution in [0.1, 0.15) is 18.4 Å². The van der Waals surface area contributed by atoms with Gasteiger partial charge in [-0.05, 0) is 26.0 Å². The largest absolute Gasteiger partial charge is 0.316 e. The standard InChI is InChI=1S/C13H19FN2O2S.ClH/c1-15-12-6-4-8-16(9-12)19(17,18)10-11-5-2-3-7-13(11)14;/h2-3,5,7,12,15H,4,6,8-10H2,1H3;1H. The highest BCUT2D eigenvalue weighted by Crippen LogP contribution is 2.18. The molecule has 1 aliphatic rings. The second-order valence-electron chi connectivity index (χ2n) is 4.83. The third-order valence-corrected chi connectivity index (χ3v) is 5.28. The van der Waals surface area contributed by atoms with E-state index in [2.05, 4.69) is 5.32 Å². The molecule has 0 saturated carbocycles. The first-order valence-corrected chi connectivity index (χ1v) is 8.02. The van der Waals surface area contributed by atoms with Crippen molar-refractivity contribution in [3.8, 4) is 0 Å². The van der Waals surface area contributed by atoms with Gasteiger partial charge in [0, 0.05) is 24.7 Å². The van der Waals surface area contributed by atoms with Crippen LogP contribution in [-0.2, 0) is 15.8 Å². The van der Waals surface area contributed by atoms with Crippen molar-refractivity contribution in [1.82, 2.24) is 9.62 Å². The number of piperidine rings is 1. The topological polar surface area (TPSA) is 49.4 Å². The monoisotopic (exact) mass is 322 g/mol. The molecule has 114 valence electrons. The third-order valence-electron chi connectivity index (χ3n) is 3.48. The van der Waals surface area contributed by atoms with Crippen LogP contribution < -0.4 is 5.32 Å². The van der Waals surface area contributed by atoms with E-state index in [1.807, 2.05) is 7.05 Å². The van der Waals surface area contributed by atoms with Crippen LogP contribution >= 0.6 is 12.4 Å². The molecule has 1 atom stereocenters. The molecule has 1 aromatic rings. The predicted molar refractivity (Wildman–Crippen MR) is 79.9 cm³/mol. The highest BCUT2D eigenvalue weighted by molar-refractivity contribution is 7.88. The maximum absolute atomic E-state index is 13.5. The lowest BCUT2D eigenvalue weighted by Gasteiger charge is -2.31. The maximum atomic E-state index is 13.5. The Balaban J connectivity index is 0.00000200. The summed E-state index contributed by atoms with van der Waals surface area (Å²) in [6.45, 7) is 0.988. The van der Waals surface area contributed by atoms with E-state index in [0.717, 1.165) is 12.8 Å². The molecule has 20 heavy (non-hydrogen) atoms. The van der Waals surface area contributed by atoms with Crippen molar-refractivity contribution in [2.45, 2.75) is 24.6 Å². The van der Waals surface area contributed by atoms with Crippen LogP contribution in [0.3, 0.4) is 0 Å². The molecule has 2 rings (SSSR count). The minimum atomic E-state index is -3.45. The Morgan fingerprint density at radius 1 is 1.40 bits per heavy atom. The Morgan fingerprint density at radius 2 is 2.10 bits per heavy atom. The van der Waals surface area contributed by atoms with Crippen molar-refractivity contribution in [1.29, 1.82) is 0 Å². The summed E-state index contributed by atoms with van der Waals surface area (Å²) in [7, 11) is -1.62. The Labute approximate surface area is 125 Å². The number of likely N-dealkylation sites (N-methyl/N-ethyl adjacent to an activating group) is 1. The summed E-state index contributed by atoms with van der Waals surface area (Å²) in [6.07, 6.45) is 1.81. The second kappa shape index (κ2) is 7.36. The van der Waals surface area contributed by atoms with Gasteiger partial charge in [-0.2, -0.15) is 0 Å². The minimum Gasteiger partial charge on any atom is -0.316 e. The van der Waals surface area contributed by atoms with E-state index < -0.39 is 15.8 Å². The first-order valence-electron chi connectivity index (χ1n) is 6.41. The van der Waals surface area contributed by atoms with Crippen molar-refractivity contribution in [3.05, 3.63) is 35.6 Å². The molecular formula is C13H20ClFN2O2S. The van der Waals surface area contributed by atoms with E-state index in [9.17, 15) is 12.8 Å². The lowest BCUT2D eigenvalue weighted by atomic mass is 10.1. The van der Waals surface area contributed by atoms with Gasteiger partial charge in [0.1, 0.15) is 5.82 Å². The van der Waals surface area contributed by atoms with Gasteiger partial charge in [0.15, 0.2) is 0 Å². The van der Waals surface area contributed by atoms with Crippen LogP contribution in [0.5, 0.6) is 0 Å². The van der Waals surface area contributed by atoms with Gasteiger partial charge in [0.2, 0.25) is 10.0 Å². The van der Waals surface area contributed by atoms with Crippen LogP contribution in [0, 0.1) is 5.82 Å². The zero-order chi connectivity index (χ0) is 13.9. The van der Waals surface area contributed by atoms with Crippen molar-refractivity contribution in [2.24, 2.45) is 0 Å². The molecule has 7 heteroatoms. The lowest BCUT2D eigenvalue weighted by Crippen LogP contribution is -2.47. The second-order valence-corrected chi connectivity index (χ2v) is 6.80. The molecule has 1 aliphatic heterocycles. The van der Waals surface area contributed by atoms with Gasteiger partial charge in [-0.25, -0.2) is 17.1 Å². The average molecular weight is 323 g/mol. The fraction of sp³-hybridized carbons (Fsp3) is 0.538. The molecule has 1 fully saturated rings. The number of hydrogen-bond acceptors (Lipinski definition) is 3. The van der Waals surface area contributed by atoms with Crippen molar-refractivity contribution in [3.63, 3.8) is 0 Å². The van der Waals surface area contributed by atoms with E-state index in [1.165, 1.54) is 16.4 Å². The molecule has 0 amide bonds. The first-order chi connectivity index (χ1) is 9.03. The fourth-order valence-electron chi connectivity index (χ4n) is 2.33. The number of halogens is 2. The molecule has 1 aromatic carbocycles. The van der Waals surface area contributed by atoms with Crippen LogP contribution in [0.15, 0.2) is 24.3 Å². The van der Waals surface area contributed by atoms with Gasteiger partial charge in [0.25, 0.3) is 0 Å². The third kappa shape index (κ3) is 4.15. The zero-order valence-corrected chi connectivity index (χ0v) is 13.0. The van der Waals surface area contributed by atoms with E-state index in [4.69, 9.17) is 0 Å². The summed E-state index contributed by atoms with van der Waals surface area (Å²) < 4.78 is 39.6. The normalized spacial score (nSPS) is 20.4. The van der Waals surface area contributed by atoms with Crippen molar-refractivity contribution < 1.29 is 12.8 Å². The molecule has 0 spiro atoms. The molecule has 0 bridgehead atoms. The van der Waals surface area contributed by atoms with Crippen molar-refractivity contribution in [2.75, 3.05) is 20.1 Å². The van der Waals surface area contributed by atoms with E-state index >= 15 is 0 Å². The number of rotatable bonds is 4.